The van der Waals surface area contributed by atoms with Gasteiger partial charge in [-0.25, -0.2) is 0 Å². The van der Waals surface area contributed by atoms with E-state index < -0.39 is 0 Å². The molecule has 1 atom stereocenters. The van der Waals surface area contributed by atoms with Crippen molar-refractivity contribution in [1.29, 1.82) is 0 Å². The summed E-state index contributed by atoms with van der Waals surface area (Å²) in [6.07, 6.45) is 3.92. The molecule has 0 radical (unpaired) electrons. The normalized spacial score (nSPS) is 17.4. The van der Waals surface area contributed by atoms with Gasteiger partial charge in [0.15, 0.2) is 0 Å². The van der Waals surface area contributed by atoms with E-state index in [-0.39, 0.29) is 11.9 Å². The fraction of sp³-hybridized carbons (Fsp3) is 0.562. The van der Waals surface area contributed by atoms with Gasteiger partial charge >= 0.3 is 0 Å². The average Bonchev–Trinajstić information content (AvgIpc) is 2.47. The maximum Gasteiger partial charge on any atom is 0.239 e. The molecule has 1 aliphatic rings. The predicted octanol–water partition coefficient (Wildman–Crippen LogP) is 2.09. The minimum absolute atomic E-state index is 0.0540. The Kier molecular flexibility index (Phi) is 5.87. The number of hydrogen-bond acceptors (Lipinski definition) is 3. The lowest BCUT2D eigenvalue weighted by atomic mass is 10.1. The summed E-state index contributed by atoms with van der Waals surface area (Å²) >= 11 is 0. The number of amides is 1. The zero-order valence-electron chi connectivity index (χ0n) is 12.3. The van der Waals surface area contributed by atoms with Crippen molar-refractivity contribution in [2.45, 2.75) is 32.2 Å². The standard InChI is InChI=1S/C16H25N3O/c1-14(13-19-10-6-3-7-11-19)18-16(20)12-17-15-8-4-2-5-9-15/h2,4-5,8-9,14,17H,3,6-7,10-13H2,1H3,(H,18,20). The van der Waals surface area contributed by atoms with Gasteiger partial charge in [0.05, 0.1) is 6.54 Å². The van der Waals surface area contributed by atoms with Crippen LogP contribution in [-0.2, 0) is 4.79 Å². The minimum atomic E-state index is 0.0540. The van der Waals surface area contributed by atoms with Crippen LogP contribution in [0, 0.1) is 0 Å². The molecule has 1 heterocycles. The Balaban J connectivity index is 1.65. The summed E-state index contributed by atoms with van der Waals surface area (Å²) < 4.78 is 0. The molecule has 1 saturated heterocycles. The highest BCUT2D eigenvalue weighted by Gasteiger charge is 2.14. The minimum Gasteiger partial charge on any atom is -0.376 e. The number of anilines is 1. The summed E-state index contributed by atoms with van der Waals surface area (Å²) in [4.78, 5) is 14.3. The van der Waals surface area contributed by atoms with Gasteiger partial charge in [-0.1, -0.05) is 24.6 Å². The molecule has 0 aliphatic carbocycles. The Hall–Kier alpha value is -1.55. The Bertz CT molecular complexity index is 401. The van der Waals surface area contributed by atoms with Crippen LogP contribution in [-0.4, -0.2) is 43.0 Å². The summed E-state index contributed by atoms with van der Waals surface area (Å²) in [7, 11) is 0. The Morgan fingerprint density at radius 3 is 2.60 bits per heavy atom. The van der Waals surface area contributed by atoms with Crippen LogP contribution in [0.25, 0.3) is 0 Å². The van der Waals surface area contributed by atoms with Crippen molar-refractivity contribution in [3.05, 3.63) is 30.3 Å². The van der Waals surface area contributed by atoms with Crippen LogP contribution in [0.4, 0.5) is 5.69 Å². The zero-order valence-corrected chi connectivity index (χ0v) is 12.3. The number of likely N-dealkylation sites (tertiary alicyclic amines) is 1. The van der Waals surface area contributed by atoms with Crippen molar-refractivity contribution >= 4 is 11.6 Å². The van der Waals surface area contributed by atoms with Gasteiger partial charge < -0.3 is 15.5 Å². The van der Waals surface area contributed by atoms with Gasteiger partial charge in [0.25, 0.3) is 0 Å². The van der Waals surface area contributed by atoms with Crippen LogP contribution in [0.15, 0.2) is 30.3 Å². The summed E-state index contributed by atoms with van der Waals surface area (Å²) in [6.45, 7) is 5.70. The summed E-state index contributed by atoms with van der Waals surface area (Å²) in [5, 5.41) is 6.18. The molecule has 110 valence electrons. The Morgan fingerprint density at radius 1 is 1.20 bits per heavy atom. The lowest BCUT2D eigenvalue weighted by Crippen LogP contribution is -2.45. The molecule has 4 heteroatoms. The molecule has 2 rings (SSSR count). The van der Waals surface area contributed by atoms with Crippen LogP contribution in [0.1, 0.15) is 26.2 Å². The number of benzene rings is 1. The highest BCUT2D eigenvalue weighted by molar-refractivity contribution is 5.80. The van der Waals surface area contributed by atoms with Crippen LogP contribution in [0.2, 0.25) is 0 Å². The van der Waals surface area contributed by atoms with Gasteiger partial charge in [0, 0.05) is 18.3 Å². The molecule has 1 amide bonds. The number of nitrogens with zero attached hydrogens (tertiary/aromatic N) is 1. The van der Waals surface area contributed by atoms with Gasteiger partial charge in [-0.3, -0.25) is 4.79 Å². The van der Waals surface area contributed by atoms with Gasteiger partial charge in [0.2, 0.25) is 5.91 Å². The van der Waals surface area contributed by atoms with E-state index in [9.17, 15) is 4.79 Å². The van der Waals surface area contributed by atoms with Crippen molar-refractivity contribution in [2.24, 2.45) is 0 Å². The van der Waals surface area contributed by atoms with Gasteiger partial charge in [-0.05, 0) is 45.0 Å². The molecule has 0 saturated carbocycles. The predicted molar refractivity (Wildman–Crippen MR) is 82.8 cm³/mol. The lowest BCUT2D eigenvalue weighted by Gasteiger charge is -2.29. The average molecular weight is 275 g/mol. The van der Waals surface area contributed by atoms with E-state index in [0.717, 1.165) is 12.2 Å². The molecule has 0 aromatic heterocycles. The van der Waals surface area contributed by atoms with Gasteiger partial charge in [-0.2, -0.15) is 0 Å². The highest BCUT2D eigenvalue weighted by atomic mass is 16.1. The first-order chi connectivity index (χ1) is 9.74. The molecule has 1 unspecified atom stereocenters. The molecule has 0 bridgehead atoms. The van der Waals surface area contributed by atoms with E-state index in [1.807, 2.05) is 30.3 Å². The molecule has 1 aromatic rings. The molecule has 2 N–H and O–H groups in total. The smallest absolute Gasteiger partial charge is 0.239 e. The molecule has 1 aliphatic heterocycles. The third kappa shape index (κ3) is 5.21. The first-order valence-electron chi connectivity index (χ1n) is 7.54. The SMILES string of the molecule is CC(CN1CCCCC1)NC(=O)CNc1ccccc1. The summed E-state index contributed by atoms with van der Waals surface area (Å²) in [6, 6.07) is 10.0. The van der Waals surface area contributed by atoms with Gasteiger partial charge in [-0.15, -0.1) is 0 Å². The second-order valence-electron chi connectivity index (χ2n) is 5.55. The second kappa shape index (κ2) is 7.90. The number of para-hydroxylation sites is 1. The maximum atomic E-state index is 11.9. The molecule has 0 spiro atoms. The van der Waals surface area contributed by atoms with E-state index in [2.05, 4.69) is 22.5 Å². The van der Waals surface area contributed by atoms with Crippen LogP contribution in [0.5, 0.6) is 0 Å². The lowest BCUT2D eigenvalue weighted by molar-refractivity contribution is -0.120. The largest absolute Gasteiger partial charge is 0.376 e. The number of rotatable bonds is 6. The summed E-state index contributed by atoms with van der Waals surface area (Å²) in [5.74, 6) is 0.0540. The molecule has 1 aromatic carbocycles. The second-order valence-corrected chi connectivity index (χ2v) is 5.55. The van der Waals surface area contributed by atoms with Crippen molar-refractivity contribution in [3.63, 3.8) is 0 Å². The quantitative estimate of drug-likeness (QED) is 0.835. The summed E-state index contributed by atoms with van der Waals surface area (Å²) in [5.41, 5.74) is 0.978. The number of piperidine rings is 1. The van der Waals surface area contributed by atoms with Crippen molar-refractivity contribution in [1.82, 2.24) is 10.2 Å². The monoisotopic (exact) mass is 275 g/mol. The Morgan fingerprint density at radius 2 is 1.90 bits per heavy atom. The Labute approximate surface area is 121 Å². The molecular formula is C16H25N3O. The van der Waals surface area contributed by atoms with Crippen LogP contribution in [0.3, 0.4) is 0 Å². The first kappa shape index (κ1) is 14.9. The van der Waals surface area contributed by atoms with Crippen LogP contribution >= 0.6 is 0 Å². The fourth-order valence-electron chi connectivity index (χ4n) is 2.64. The number of nitrogens with one attached hydrogen (secondary N) is 2. The van der Waals surface area contributed by atoms with Gasteiger partial charge in [0.1, 0.15) is 0 Å². The van der Waals surface area contributed by atoms with Crippen LogP contribution < -0.4 is 10.6 Å². The molecule has 1 fully saturated rings. The number of carbonyl (C=O) groups excluding carboxylic acids is 1. The molecule has 20 heavy (non-hydrogen) atoms. The van der Waals surface area contributed by atoms with E-state index in [4.69, 9.17) is 0 Å². The molecular weight excluding hydrogens is 250 g/mol. The van der Waals surface area contributed by atoms with Crippen molar-refractivity contribution in [3.8, 4) is 0 Å². The number of carbonyl (C=O) groups is 1. The fourth-order valence-corrected chi connectivity index (χ4v) is 2.64. The third-order valence-corrected chi connectivity index (χ3v) is 3.61. The highest BCUT2D eigenvalue weighted by Crippen LogP contribution is 2.08. The number of hydrogen-bond donors (Lipinski definition) is 2. The maximum absolute atomic E-state index is 11.9. The van der Waals surface area contributed by atoms with Crippen molar-refractivity contribution < 1.29 is 4.79 Å². The van der Waals surface area contributed by atoms with E-state index in [1.165, 1.54) is 32.4 Å². The molecule has 4 nitrogen and oxygen atoms in total. The van der Waals surface area contributed by atoms with Crippen molar-refractivity contribution in [2.75, 3.05) is 31.5 Å². The van der Waals surface area contributed by atoms with E-state index in [0.29, 0.717) is 6.54 Å². The third-order valence-electron chi connectivity index (χ3n) is 3.61. The van der Waals surface area contributed by atoms with E-state index in [1.54, 1.807) is 0 Å². The van der Waals surface area contributed by atoms with E-state index >= 15 is 0 Å². The zero-order chi connectivity index (χ0) is 14.2. The topological polar surface area (TPSA) is 44.4 Å². The first-order valence-corrected chi connectivity index (χ1v) is 7.54.